The second-order valence-electron chi connectivity index (χ2n) is 5.19. The van der Waals surface area contributed by atoms with Crippen molar-refractivity contribution in [3.05, 3.63) is 0 Å². The van der Waals surface area contributed by atoms with Crippen LogP contribution in [0.2, 0.25) is 0 Å². The summed E-state index contributed by atoms with van der Waals surface area (Å²) in [6, 6.07) is -0.335. The van der Waals surface area contributed by atoms with Crippen molar-refractivity contribution in [3.63, 3.8) is 0 Å². The number of hydrogen-bond acceptors (Lipinski definition) is 4. The molecule has 1 fully saturated rings. The van der Waals surface area contributed by atoms with Crippen molar-refractivity contribution in [2.24, 2.45) is 0 Å². The summed E-state index contributed by atoms with van der Waals surface area (Å²) in [7, 11) is 0. The fourth-order valence-electron chi connectivity index (χ4n) is 1.76. The Morgan fingerprint density at radius 3 is 2.62 bits per heavy atom. The molecule has 0 bridgehead atoms. The third-order valence-corrected chi connectivity index (χ3v) is 2.53. The van der Waals surface area contributed by atoms with Gasteiger partial charge in [0.2, 0.25) is 0 Å². The molecule has 0 spiro atoms. The number of piperidine rings is 1. The van der Waals surface area contributed by atoms with Gasteiger partial charge < -0.3 is 19.8 Å². The first kappa shape index (κ1) is 13.3. The quantitative estimate of drug-likeness (QED) is 0.698. The number of hydrogen-bond donors (Lipinski definition) is 2. The Morgan fingerprint density at radius 1 is 1.50 bits per heavy atom. The lowest BCUT2D eigenvalue weighted by Gasteiger charge is -2.37. The number of likely N-dealkylation sites (tertiary alicyclic amines) is 1. The number of aliphatic hydroxyl groups is 2. The van der Waals surface area contributed by atoms with Crippen LogP contribution in [-0.4, -0.2) is 52.1 Å². The van der Waals surface area contributed by atoms with Crippen LogP contribution >= 0.6 is 0 Å². The van der Waals surface area contributed by atoms with Crippen LogP contribution in [-0.2, 0) is 4.74 Å². The standard InChI is InChI=1S/C11H21NO4/c1-11(2,3)16-10(15)12-5-4-9(14)6-8(12)7-13/h8-9,13-14H,4-7H2,1-3H3/t8-,9-/m0/s1. The first-order valence-electron chi connectivity index (χ1n) is 5.62. The minimum atomic E-state index is -0.535. The van der Waals surface area contributed by atoms with Crippen LogP contribution in [0.3, 0.4) is 0 Å². The van der Waals surface area contributed by atoms with Crippen molar-refractivity contribution in [2.75, 3.05) is 13.2 Å². The molecule has 1 amide bonds. The molecule has 5 heteroatoms. The van der Waals surface area contributed by atoms with Crippen LogP contribution in [0.25, 0.3) is 0 Å². The molecule has 16 heavy (non-hydrogen) atoms. The molecule has 0 radical (unpaired) electrons. The Hall–Kier alpha value is -0.810. The maximum atomic E-state index is 11.8. The van der Waals surface area contributed by atoms with Gasteiger partial charge in [-0.05, 0) is 33.6 Å². The summed E-state index contributed by atoms with van der Waals surface area (Å²) in [5.41, 5.74) is -0.535. The van der Waals surface area contributed by atoms with E-state index in [1.165, 1.54) is 4.90 Å². The topological polar surface area (TPSA) is 70.0 Å². The van der Waals surface area contributed by atoms with Gasteiger partial charge in [-0.3, -0.25) is 0 Å². The van der Waals surface area contributed by atoms with E-state index in [2.05, 4.69) is 0 Å². The predicted molar refractivity (Wildman–Crippen MR) is 59.1 cm³/mol. The molecule has 1 heterocycles. The van der Waals surface area contributed by atoms with Gasteiger partial charge in [-0.1, -0.05) is 0 Å². The third kappa shape index (κ3) is 3.64. The van der Waals surface area contributed by atoms with Crippen molar-refractivity contribution < 1.29 is 19.7 Å². The molecule has 0 aromatic rings. The Kier molecular flexibility index (Phi) is 4.15. The van der Waals surface area contributed by atoms with E-state index in [9.17, 15) is 9.90 Å². The van der Waals surface area contributed by atoms with Crippen LogP contribution in [0.1, 0.15) is 33.6 Å². The highest BCUT2D eigenvalue weighted by Gasteiger charge is 2.32. The zero-order valence-corrected chi connectivity index (χ0v) is 10.1. The van der Waals surface area contributed by atoms with E-state index in [1.54, 1.807) is 20.8 Å². The van der Waals surface area contributed by atoms with Gasteiger partial charge >= 0.3 is 6.09 Å². The molecule has 2 atom stereocenters. The summed E-state index contributed by atoms with van der Waals surface area (Å²) in [6.07, 6.45) is 0.0974. The number of aliphatic hydroxyl groups excluding tert-OH is 2. The van der Waals surface area contributed by atoms with E-state index in [-0.39, 0.29) is 12.6 Å². The van der Waals surface area contributed by atoms with Crippen molar-refractivity contribution in [1.29, 1.82) is 0 Å². The average molecular weight is 231 g/mol. The first-order valence-corrected chi connectivity index (χ1v) is 5.62. The second-order valence-corrected chi connectivity index (χ2v) is 5.19. The Balaban J connectivity index is 2.60. The zero-order chi connectivity index (χ0) is 12.3. The van der Waals surface area contributed by atoms with Gasteiger partial charge in [0.15, 0.2) is 0 Å². The Labute approximate surface area is 96.0 Å². The van der Waals surface area contributed by atoms with Crippen molar-refractivity contribution in [2.45, 2.75) is 51.4 Å². The number of carbonyl (C=O) groups excluding carboxylic acids is 1. The molecule has 1 saturated heterocycles. The van der Waals surface area contributed by atoms with Crippen molar-refractivity contribution in [1.82, 2.24) is 4.90 Å². The van der Waals surface area contributed by atoms with Crippen LogP contribution in [0, 0.1) is 0 Å². The lowest BCUT2D eigenvalue weighted by atomic mass is 10.0. The molecule has 0 aliphatic carbocycles. The Bertz CT molecular complexity index is 249. The zero-order valence-electron chi connectivity index (χ0n) is 10.1. The summed E-state index contributed by atoms with van der Waals surface area (Å²) < 4.78 is 5.24. The highest BCUT2D eigenvalue weighted by Crippen LogP contribution is 2.20. The minimum Gasteiger partial charge on any atom is -0.444 e. The molecule has 0 unspecified atom stereocenters. The molecule has 0 aromatic heterocycles. The van der Waals surface area contributed by atoms with Gasteiger partial charge in [-0.15, -0.1) is 0 Å². The van der Waals surface area contributed by atoms with E-state index in [4.69, 9.17) is 9.84 Å². The monoisotopic (exact) mass is 231 g/mol. The second kappa shape index (κ2) is 5.01. The maximum Gasteiger partial charge on any atom is 0.410 e. The van der Waals surface area contributed by atoms with E-state index in [0.29, 0.717) is 19.4 Å². The predicted octanol–water partition coefficient (Wildman–Crippen LogP) is 0.739. The fourth-order valence-corrected chi connectivity index (χ4v) is 1.76. The van der Waals surface area contributed by atoms with Gasteiger partial charge in [0.1, 0.15) is 5.60 Å². The van der Waals surface area contributed by atoms with Crippen molar-refractivity contribution in [3.8, 4) is 0 Å². The molecular formula is C11H21NO4. The van der Waals surface area contributed by atoms with E-state index in [0.717, 1.165) is 0 Å². The van der Waals surface area contributed by atoms with Gasteiger partial charge in [0.05, 0.1) is 18.8 Å². The summed E-state index contributed by atoms with van der Waals surface area (Å²) in [6.45, 7) is 5.70. The molecular weight excluding hydrogens is 210 g/mol. The normalized spacial score (nSPS) is 26.7. The highest BCUT2D eigenvalue weighted by atomic mass is 16.6. The van der Waals surface area contributed by atoms with Crippen LogP contribution in [0.15, 0.2) is 0 Å². The SMILES string of the molecule is CC(C)(C)OC(=O)N1CC[C@H](O)C[C@H]1CO. The largest absolute Gasteiger partial charge is 0.444 e. The summed E-state index contributed by atoms with van der Waals surface area (Å²) in [5.74, 6) is 0. The summed E-state index contributed by atoms with van der Waals surface area (Å²) in [4.78, 5) is 13.3. The minimum absolute atomic E-state index is 0.143. The molecule has 94 valence electrons. The highest BCUT2D eigenvalue weighted by molar-refractivity contribution is 5.68. The van der Waals surface area contributed by atoms with Crippen LogP contribution < -0.4 is 0 Å². The summed E-state index contributed by atoms with van der Waals surface area (Å²) >= 11 is 0. The molecule has 2 N–H and O–H groups in total. The number of rotatable bonds is 1. The summed E-state index contributed by atoms with van der Waals surface area (Å²) in [5, 5.41) is 18.6. The average Bonchev–Trinajstić information content (AvgIpc) is 2.14. The van der Waals surface area contributed by atoms with Crippen LogP contribution in [0.5, 0.6) is 0 Å². The van der Waals surface area contributed by atoms with E-state index < -0.39 is 17.8 Å². The van der Waals surface area contributed by atoms with Gasteiger partial charge in [0.25, 0.3) is 0 Å². The molecule has 1 aliphatic rings. The number of nitrogens with zero attached hydrogens (tertiary/aromatic N) is 1. The van der Waals surface area contributed by atoms with Gasteiger partial charge in [0, 0.05) is 6.54 Å². The molecule has 1 rings (SSSR count). The smallest absolute Gasteiger partial charge is 0.410 e. The lowest BCUT2D eigenvalue weighted by molar-refractivity contribution is -0.0184. The van der Waals surface area contributed by atoms with Crippen LogP contribution in [0.4, 0.5) is 4.79 Å². The number of carbonyl (C=O) groups is 1. The third-order valence-electron chi connectivity index (χ3n) is 2.53. The Morgan fingerprint density at radius 2 is 2.12 bits per heavy atom. The van der Waals surface area contributed by atoms with E-state index in [1.807, 2.05) is 0 Å². The van der Waals surface area contributed by atoms with Gasteiger partial charge in [-0.25, -0.2) is 4.79 Å². The molecule has 0 aromatic carbocycles. The number of ether oxygens (including phenoxy) is 1. The maximum absolute atomic E-state index is 11.8. The lowest BCUT2D eigenvalue weighted by Crippen LogP contribution is -2.50. The molecule has 1 aliphatic heterocycles. The fraction of sp³-hybridized carbons (Fsp3) is 0.909. The van der Waals surface area contributed by atoms with E-state index >= 15 is 0 Å². The van der Waals surface area contributed by atoms with Crippen molar-refractivity contribution >= 4 is 6.09 Å². The first-order chi connectivity index (χ1) is 7.33. The molecule has 0 saturated carbocycles. The van der Waals surface area contributed by atoms with Gasteiger partial charge in [-0.2, -0.15) is 0 Å². The molecule has 5 nitrogen and oxygen atoms in total. The number of amides is 1.